The molecule has 1 aromatic heterocycles. The molecular formula is C13H19NS2. The Balaban J connectivity index is 1.96. The van der Waals surface area contributed by atoms with E-state index in [0.717, 1.165) is 5.92 Å². The van der Waals surface area contributed by atoms with Gasteiger partial charge < -0.3 is 0 Å². The van der Waals surface area contributed by atoms with Crippen LogP contribution in [0, 0.1) is 11.3 Å². The van der Waals surface area contributed by atoms with E-state index < -0.39 is 0 Å². The van der Waals surface area contributed by atoms with Crippen molar-refractivity contribution in [3.8, 4) is 0 Å². The molecule has 0 amide bonds. The van der Waals surface area contributed by atoms with Crippen LogP contribution in [0.15, 0.2) is 24.5 Å². The van der Waals surface area contributed by atoms with Gasteiger partial charge in [-0.25, -0.2) is 0 Å². The largest absolute Gasteiger partial charge is 0.265 e. The number of nitrogens with zero attached hydrogens (tertiary/aromatic N) is 1. The van der Waals surface area contributed by atoms with Crippen molar-refractivity contribution in [3.05, 3.63) is 30.1 Å². The topological polar surface area (TPSA) is 12.9 Å². The van der Waals surface area contributed by atoms with Gasteiger partial charge in [-0.2, -0.15) is 0 Å². The number of hydrogen-bond acceptors (Lipinski definition) is 3. The molecule has 1 saturated heterocycles. The minimum Gasteiger partial charge on any atom is -0.265 e. The van der Waals surface area contributed by atoms with Crippen LogP contribution in [0.2, 0.25) is 0 Å². The average molecular weight is 253 g/mol. The predicted molar refractivity (Wildman–Crippen MR) is 74.8 cm³/mol. The molecule has 16 heavy (non-hydrogen) atoms. The van der Waals surface area contributed by atoms with E-state index in [-0.39, 0.29) is 0 Å². The summed E-state index contributed by atoms with van der Waals surface area (Å²) >= 11 is 4.17. The highest BCUT2D eigenvalue weighted by Gasteiger charge is 2.30. The molecule has 0 N–H and O–H groups in total. The van der Waals surface area contributed by atoms with E-state index in [4.69, 9.17) is 0 Å². The summed E-state index contributed by atoms with van der Waals surface area (Å²) in [6.45, 7) is 7.06. The minimum absolute atomic E-state index is 0.448. The van der Waals surface area contributed by atoms with Crippen LogP contribution in [0.5, 0.6) is 0 Å². The molecule has 1 aliphatic rings. The molecule has 0 bridgehead atoms. The van der Waals surface area contributed by atoms with Gasteiger partial charge in [-0.3, -0.25) is 4.98 Å². The maximum atomic E-state index is 4.08. The first-order valence-corrected chi connectivity index (χ1v) is 7.80. The third-order valence-corrected chi connectivity index (χ3v) is 6.26. The van der Waals surface area contributed by atoms with Gasteiger partial charge in [0.1, 0.15) is 0 Å². The maximum Gasteiger partial charge on any atom is 0.0752 e. The summed E-state index contributed by atoms with van der Waals surface area (Å²) in [4.78, 5) is 4.08. The molecule has 0 atom stereocenters. The van der Waals surface area contributed by atoms with Crippen LogP contribution in [0.3, 0.4) is 0 Å². The van der Waals surface area contributed by atoms with E-state index in [9.17, 15) is 0 Å². The van der Waals surface area contributed by atoms with Crippen molar-refractivity contribution >= 4 is 23.5 Å². The van der Waals surface area contributed by atoms with Crippen LogP contribution in [0.1, 0.15) is 30.9 Å². The Labute approximate surface area is 107 Å². The average Bonchev–Trinajstić information content (AvgIpc) is 2.29. The number of thioether (sulfide) groups is 2. The summed E-state index contributed by atoms with van der Waals surface area (Å²) in [7, 11) is 0. The molecule has 0 spiro atoms. The van der Waals surface area contributed by atoms with E-state index in [2.05, 4.69) is 61.4 Å². The van der Waals surface area contributed by atoms with Crippen molar-refractivity contribution in [3.63, 3.8) is 0 Å². The zero-order valence-corrected chi connectivity index (χ0v) is 11.8. The Morgan fingerprint density at radius 3 is 2.19 bits per heavy atom. The van der Waals surface area contributed by atoms with Gasteiger partial charge in [0.05, 0.1) is 4.58 Å². The second-order valence-corrected chi connectivity index (χ2v) is 7.92. The molecule has 1 fully saturated rings. The molecule has 3 heteroatoms. The summed E-state index contributed by atoms with van der Waals surface area (Å²) < 4.78 is 0.613. The minimum atomic E-state index is 0.448. The molecule has 88 valence electrons. The molecule has 0 aromatic carbocycles. The summed E-state index contributed by atoms with van der Waals surface area (Å²) in [6, 6.07) is 4.28. The molecule has 1 aromatic rings. The van der Waals surface area contributed by atoms with Crippen LogP contribution < -0.4 is 0 Å². The second kappa shape index (κ2) is 5.01. The first-order chi connectivity index (χ1) is 7.57. The van der Waals surface area contributed by atoms with E-state index >= 15 is 0 Å². The van der Waals surface area contributed by atoms with Crippen molar-refractivity contribution in [1.29, 1.82) is 0 Å². The van der Waals surface area contributed by atoms with Crippen LogP contribution in [-0.2, 0) is 0 Å². The Kier molecular flexibility index (Phi) is 3.85. The first-order valence-electron chi connectivity index (χ1n) is 5.70. The van der Waals surface area contributed by atoms with E-state index in [0.29, 0.717) is 10.00 Å². The Bertz CT molecular complexity index is 324. The predicted octanol–water partition coefficient (Wildman–Crippen LogP) is 4.22. The highest BCUT2D eigenvalue weighted by molar-refractivity contribution is 8.16. The third-order valence-electron chi connectivity index (χ3n) is 3.10. The Hall–Kier alpha value is -0.150. The lowest BCUT2D eigenvalue weighted by molar-refractivity contribution is 0.292. The summed E-state index contributed by atoms with van der Waals surface area (Å²) in [5, 5.41) is 0. The Morgan fingerprint density at radius 1 is 1.12 bits per heavy atom. The van der Waals surface area contributed by atoms with Crippen molar-refractivity contribution in [2.24, 2.45) is 11.3 Å². The third kappa shape index (κ3) is 2.95. The smallest absolute Gasteiger partial charge is 0.0752 e. The van der Waals surface area contributed by atoms with Crippen molar-refractivity contribution in [1.82, 2.24) is 4.98 Å². The monoisotopic (exact) mass is 253 g/mol. The van der Waals surface area contributed by atoms with Gasteiger partial charge in [0.15, 0.2) is 0 Å². The van der Waals surface area contributed by atoms with Gasteiger partial charge in [0.2, 0.25) is 0 Å². The zero-order chi connectivity index (χ0) is 11.6. The normalized spacial score (nSPS) is 26.7. The van der Waals surface area contributed by atoms with Crippen LogP contribution in [-0.4, -0.2) is 16.5 Å². The quantitative estimate of drug-likeness (QED) is 0.743. The lowest BCUT2D eigenvalue weighted by atomic mass is 9.83. The molecule has 0 aliphatic carbocycles. The SMILES string of the molecule is CC(C)(C)C1CSC(c2ccncc2)SC1. The van der Waals surface area contributed by atoms with Crippen LogP contribution >= 0.6 is 23.5 Å². The molecule has 2 rings (SSSR count). The lowest BCUT2D eigenvalue weighted by Gasteiger charge is -2.36. The molecule has 0 unspecified atom stereocenters. The van der Waals surface area contributed by atoms with E-state index in [1.54, 1.807) is 0 Å². The maximum absolute atomic E-state index is 4.08. The Morgan fingerprint density at radius 2 is 1.69 bits per heavy atom. The second-order valence-electron chi connectivity index (χ2n) is 5.34. The van der Waals surface area contributed by atoms with Gasteiger partial charge in [-0.1, -0.05) is 20.8 Å². The van der Waals surface area contributed by atoms with Crippen LogP contribution in [0.25, 0.3) is 0 Å². The van der Waals surface area contributed by atoms with E-state index in [1.807, 2.05) is 12.4 Å². The lowest BCUT2D eigenvalue weighted by Crippen LogP contribution is -2.27. The van der Waals surface area contributed by atoms with Gasteiger partial charge in [-0.15, -0.1) is 23.5 Å². The molecular weight excluding hydrogens is 234 g/mol. The molecule has 1 nitrogen and oxygen atoms in total. The fraction of sp³-hybridized carbons (Fsp3) is 0.615. The summed E-state index contributed by atoms with van der Waals surface area (Å²) in [6.07, 6.45) is 3.79. The van der Waals surface area contributed by atoms with E-state index in [1.165, 1.54) is 17.1 Å². The van der Waals surface area contributed by atoms with Gasteiger partial charge >= 0.3 is 0 Å². The number of aromatic nitrogens is 1. The molecule has 0 radical (unpaired) electrons. The van der Waals surface area contributed by atoms with Gasteiger partial charge in [0.25, 0.3) is 0 Å². The highest BCUT2D eigenvalue weighted by atomic mass is 32.2. The fourth-order valence-corrected chi connectivity index (χ4v) is 5.47. The highest BCUT2D eigenvalue weighted by Crippen LogP contribution is 2.48. The number of rotatable bonds is 1. The fourth-order valence-electron chi connectivity index (χ4n) is 1.72. The first kappa shape index (κ1) is 12.3. The molecule has 0 saturated carbocycles. The number of pyridine rings is 1. The van der Waals surface area contributed by atoms with Gasteiger partial charge in [-0.05, 0) is 40.5 Å². The van der Waals surface area contributed by atoms with Crippen molar-refractivity contribution < 1.29 is 0 Å². The molecule has 1 aliphatic heterocycles. The zero-order valence-electron chi connectivity index (χ0n) is 10.1. The van der Waals surface area contributed by atoms with Crippen molar-refractivity contribution in [2.45, 2.75) is 25.4 Å². The summed E-state index contributed by atoms with van der Waals surface area (Å²) in [5.74, 6) is 3.40. The van der Waals surface area contributed by atoms with Crippen LogP contribution in [0.4, 0.5) is 0 Å². The standard InChI is InChI=1S/C13H19NS2/c1-13(2,3)11-8-15-12(16-9-11)10-4-6-14-7-5-10/h4-7,11-12H,8-9H2,1-3H3. The van der Waals surface area contributed by atoms with Crippen molar-refractivity contribution in [2.75, 3.05) is 11.5 Å². The van der Waals surface area contributed by atoms with Gasteiger partial charge in [0, 0.05) is 12.4 Å². The number of hydrogen-bond donors (Lipinski definition) is 0. The summed E-state index contributed by atoms with van der Waals surface area (Å²) in [5.41, 5.74) is 1.86. The molecule has 2 heterocycles.